The SMILES string of the molecule is O=C1Cc2cc(C(=O)C(Cl)Cl)c(Cl)cc2N1. The van der Waals surface area contributed by atoms with Crippen LogP contribution in [0.5, 0.6) is 0 Å². The number of halogens is 3. The van der Waals surface area contributed by atoms with E-state index >= 15 is 0 Å². The molecule has 1 aliphatic heterocycles. The largest absolute Gasteiger partial charge is 0.325 e. The van der Waals surface area contributed by atoms with Gasteiger partial charge in [0.15, 0.2) is 10.6 Å². The van der Waals surface area contributed by atoms with Crippen LogP contribution < -0.4 is 5.32 Å². The van der Waals surface area contributed by atoms with Gasteiger partial charge in [-0.2, -0.15) is 0 Å². The monoisotopic (exact) mass is 277 g/mol. The maximum atomic E-state index is 11.6. The van der Waals surface area contributed by atoms with Gasteiger partial charge in [0, 0.05) is 11.3 Å². The Balaban J connectivity index is 2.46. The molecule has 84 valence electrons. The van der Waals surface area contributed by atoms with Gasteiger partial charge >= 0.3 is 0 Å². The molecule has 0 aromatic heterocycles. The smallest absolute Gasteiger partial charge is 0.228 e. The van der Waals surface area contributed by atoms with Crippen molar-refractivity contribution in [3.8, 4) is 0 Å². The molecule has 1 aliphatic rings. The van der Waals surface area contributed by atoms with Gasteiger partial charge in [0.05, 0.1) is 11.4 Å². The first kappa shape index (κ1) is 11.7. The molecule has 1 amide bonds. The fraction of sp³-hybridized carbons (Fsp3) is 0.200. The number of carbonyl (C=O) groups excluding carboxylic acids is 2. The van der Waals surface area contributed by atoms with Gasteiger partial charge < -0.3 is 5.32 Å². The number of hydrogen-bond acceptors (Lipinski definition) is 2. The number of hydrogen-bond donors (Lipinski definition) is 1. The van der Waals surface area contributed by atoms with E-state index in [0.29, 0.717) is 5.69 Å². The topological polar surface area (TPSA) is 46.2 Å². The third-order valence-electron chi connectivity index (χ3n) is 2.28. The van der Waals surface area contributed by atoms with Crippen molar-refractivity contribution in [1.29, 1.82) is 0 Å². The predicted molar refractivity (Wildman–Crippen MR) is 63.6 cm³/mol. The highest BCUT2D eigenvalue weighted by atomic mass is 35.5. The number of carbonyl (C=O) groups is 2. The Hall–Kier alpha value is -0.770. The Labute approximate surface area is 107 Å². The minimum atomic E-state index is -1.15. The van der Waals surface area contributed by atoms with Crippen molar-refractivity contribution in [3.63, 3.8) is 0 Å². The van der Waals surface area contributed by atoms with Gasteiger partial charge in [0.25, 0.3) is 0 Å². The lowest BCUT2D eigenvalue weighted by Gasteiger charge is -2.06. The summed E-state index contributed by atoms with van der Waals surface area (Å²) in [6.07, 6.45) is 0.238. The Kier molecular flexibility index (Phi) is 3.10. The van der Waals surface area contributed by atoms with Gasteiger partial charge in [-0.3, -0.25) is 9.59 Å². The molecule has 1 N–H and O–H groups in total. The van der Waals surface area contributed by atoms with E-state index in [4.69, 9.17) is 34.8 Å². The van der Waals surface area contributed by atoms with E-state index in [1.807, 2.05) is 0 Å². The van der Waals surface area contributed by atoms with Crippen molar-refractivity contribution < 1.29 is 9.59 Å². The maximum Gasteiger partial charge on any atom is 0.228 e. The molecular weight excluding hydrogens is 272 g/mol. The molecule has 0 saturated heterocycles. The van der Waals surface area contributed by atoms with Crippen LogP contribution in [-0.2, 0) is 11.2 Å². The highest BCUT2D eigenvalue weighted by Crippen LogP contribution is 2.31. The van der Waals surface area contributed by atoms with Crippen LogP contribution in [0, 0.1) is 0 Å². The highest BCUT2D eigenvalue weighted by Gasteiger charge is 2.24. The maximum absolute atomic E-state index is 11.6. The number of nitrogens with one attached hydrogen (secondary N) is 1. The molecule has 1 aromatic rings. The van der Waals surface area contributed by atoms with E-state index in [2.05, 4.69) is 5.32 Å². The second-order valence-corrected chi connectivity index (χ2v) is 4.88. The second kappa shape index (κ2) is 4.24. The summed E-state index contributed by atoms with van der Waals surface area (Å²) < 4.78 is 0. The number of ketones is 1. The van der Waals surface area contributed by atoms with Gasteiger partial charge in [-0.15, -0.1) is 0 Å². The molecule has 0 aliphatic carbocycles. The van der Waals surface area contributed by atoms with Crippen molar-refractivity contribution in [2.45, 2.75) is 11.3 Å². The van der Waals surface area contributed by atoms with Crippen LogP contribution in [-0.4, -0.2) is 16.5 Å². The second-order valence-electron chi connectivity index (χ2n) is 3.38. The normalized spacial score (nSPS) is 13.9. The number of Topliss-reactive ketones (excluding diaryl/α,β-unsaturated/α-hetero) is 1. The number of fused-ring (bicyclic) bond motifs is 1. The number of benzene rings is 1. The van der Waals surface area contributed by atoms with E-state index in [1.165, 1.54) is 6.07 Å². The Morgan fingerprint density at radius 1 is 1.38 bits per heavy atom. The van der Waals surface area contributed by atoms with Crippen LogP contribution in [0.4, 0.5) is 5.69 Å². The summed E-state index contributed by atoms with van der Waals surface area (Å²) in [5.74, 6) is -0.584. The molecule has 0 atom stereocenters. The molecule has 0 saturated carbocycles. The lowest BCUT2D eigenvalue weighted by atomic mass is 10.1. The molecule has 0 radical (unpaired) electrons. The van der Waals surface area contributed by atoms with E-state index in [1.54, 1.807) is 6.07 Å². The van der Waals surface area contributed by atoms with Crippen molar-refractivity contribution in [3.05, 3.63) is 28.3 Å². The summed E-state index contributed by atoms with van der Waals surface area (Å²) in [4.78, 5) is 21.6. The highest BCUT2D eigenvalue weighted by molar-refractivity contribution is 6.56. The van der Waals surface area contributed by atoms with Crippen LogP contribution in [0.1, 0.15) is 15.9 Å². The van der Waals surface area contributed by atoms with Crippen LogP contribution in [0.15, 0.2) is 12.1 Å². The van der Waals surface area contributed by atoms with Crippen molar-refractivity contribution in [1.82, 2.24) is 0 Å². The zero-order chi connectivity index (χ0) is 11.9. The first-order chi connectivity index (χ1) is 7.49. The lowest BCUT2D eigenvalue weighted by Crippen LogP contribution is -2.09. The molecule has 16 heavy (non-hydrogen) atoms. The number of amides is 1. The molecule has 0 spiro atoms. The molecule has 0 fully saturated rings. The first-order valence-corrected chi connectivity index (χ1v) is 5.68. The molecule has 0 bridgehead atoms. The number of anilines is 1. The average molecular weight is 279 g/mol. The Morgan fingerprint density at radius 3 is 2.69 bits per heavy atom. The standard InChI is InChI=1S/C10H6Cl3NO2/c11-6-3-7-4(2-8(15)14-7)1-5(6)9(16)10(12)13/h1,3,10H,2H2,(H,14,15). The number of rotatable bonds is 2. The van der Waals surface area contributed by atoms with Gasteiger partial charge in [-0.1, -0.05) is 34.8 Å². The molecular formula is C10H6Cl3NO2. The van der Waals surface area contributed by atoms with E-state index in [0.717, 1.165) is 5.56 Å². The summed E-state index contributed by atoms with van der Waals surface area (Å²) in [6.45, 7) is 0. The van der Waals surface area contributed by atoms with Gasteiger partial charge in [0.2, 0.25) is 5.91 Å². The fourth-order valence-corrected chi connectivity index (χ4v) is 2.05. The van der Waals surface area contributed by atoms with Crippen LogP contribution >= 0.6 is 34.8 Å². The molecule has 1 heterocycles. The summed E-state index contributed by atoms with van der Waals surface area (Å²) in [5.41, 5.74) is 1.60. The summed E-state index contributed by atoms with van der Waals surface area (Å²) in [6, 6.07) is 3.08. The predicted octanol–water partition coefficient (Wildman–Crippen LogP) is 2.82. The molecule has 3 nitrogen and oxygen atoms in total. The van der Waals surface area contributed by atoms with Crippen LogP contribution in [0.3, 0.4) is 0 Å². The fourth-order valence-electron chi connectivity index (χ4n) is 1.55. The van der Waals surface area contributed by atoms with Crippen LogP contribution in [0.25, 0.3) is 0 Å². The van der Waals surface area contributed by atoms with Crippen LogP contribution in [0.2, 0.25) is 5.02 Å². The van der Waals surface area contributed by atoms with Crippen molar-refractivity contribution >= 4 is 52.2 Å². The Morgan fingerprint density at radius 2 is 2.06 bits per heavy atom. The lowest BCUT2D eigenvalue weighted by molar-refractivity contribution is -0.115. The Bertz CT molecular complexity index is 485. The zero-order valence-electron chi connectivity index (χ0n) is 7.89. The third kappa shape index (κ3) is 2.03. The molecule has 6 heteroatoms. The summed E-state index contributed by atoms with van der Waals surface area (Å²) >= 11 is 16.9. The summed E-state index contributed by atoms with van der Waals surface area (Å²) in [5, 5.41) is 2.87. The zero-order valence-corrected chi connectivity index (χ0v) is 10.2. The quantitative estimate of drug-likeness (QED) is 0.668. The van der Waals surface area contributed by atoms with Crippen molar-refractivity contribution in [2.75, 3.05) is 5.32 Å². The van der Waals surface area contributed by atoms with E-state index in [-0.39, 0.29) is 22.9 Å². The van der Waals surface area contributed by atoms with Crippen molar-refractivity contribution in [2.24, 2.45) is 0 Å². The molecule has 2 rings (SSSR count). The molecule has 1 aromatic carbocycles. The summed E-state index contributed by atoms with van der Waals surface area (Å²) in [7, 11) is 0. The van der Waals surface area contributed by atoms with Gasteiger partial charge in [-0.05, 0) is 17.7 Å². The molecule has 0 unspecified atom stereocenters. The minimum Gasteiger partial charge on any atom is -0.325 e. The minimum absolute atomic E-state index is 0.121. The van der Waals surface area contributed by atoms with Gasteiger partial charge in [0.1, 0.15) is 0 Å². The van der Waals surface area contributed by atoms with E-state index < -0.39 is 10.6 Å². The first-order valence-electron chi connectivity index (χ1n) is 4.43. The van der Waals surface area contributed by atoms with E-state index in [9.17, 15) is 9.59 Å². The number of alkyl halides is 2. The van der Waals surface area contributed by atoms with Gasteiger partial charge in [-0.25, -0.2) is 0 Å². The average Bonchev–Trinajstić information content (AvgIpc) is 2.54. The third-order valence-corrected chi connectivity index (χ3v) is 2.99.